The van der Waals surface area contributed by atoms with Crippen LogP contribution in [0.15, 0.2) is 60.7 Å². The minimum absolute atomic E-state index is 0. The molecule has 0 fully saturated rings. The van der Waals surface area contributed by atoms with Crippen LogP contribution in [0.3, 0.4) is 0 Å². The van der Waals surface area contributed by atoms with Gasteiger partial charge in [-0.25, -0.2) is 9.25 Å². The maximum absolute atomic E-state index is 10.8. The molecule has 0 heterocycles. The molecule has 12 N–H and O–H groups in total. The molecule has 0 spiro atoms. The third-order valence-electron chi connectivity index (χ3n) is 2.25. The second kappa shape index (κ2) is 26.6. The molecule has 0 amide bonds. The average Bonchev–Trinajstić information content (AvgIpc) is 2.53. The predicted molar refractivity (Wildman–Crippen MR) is 107 cm³/mol. The Morgan fingerprint density at radius 2 is 0.778 bits per heavy atom. The summed E-state index contributed by atoms with van der Waals surface area (Å²) in [7, 11) is -9.84. The first kappa shape index (κ1) is 55.2. The molecule has 2 rings (SSSR count). The van der Waals surface area contributed by atoms with Crippen molar-refractivity contribution in [1.29, 1.82) is 0 Å². The molecule has 0 aliphatic heterocycles. The normalized spacial score (nSPS) is 10.9. The zero-order chi connectivity index (χ0) is 21.2. The first-order valence-corrected chi connectivity index (χ1v) is 9.71. The van der Waals surface area contributed by atoms with Crippen LogP contribution in [0.1, 0.15) is 0 Å². The minimum atomic E-state index is -4.92. The number of benzene rings is 2. The van der Waals surface area contributed by atoms with Gasteiger partial charge >= 0.3 is 84.9 Å². The molecule has 2 unspecified atom stereocenters. The number of para-hydroxylation sites is 2. The number of nitrogens with zero attached hydrogens (tertiary/aromatic N) is 2. The Hall–Kier alpha value is -1.42. The molecule has 0 aliphatic rings. The maximum Gasteiger partial charge on any atom is 1.00 e. The summed E-state index contributed by atoms with van der Waals surface area (Å²) in [5, 5.41) is 16.6. The second-order valence-corrected chi connectivity index (χ2v) is 6.79. The Morgan fingerprint density at radius 1 is 0.556 bits per heavy atom. The van der Waals surface area contributed by atoms with Crippen LogP contribution in [0.4, 0.5) is 0 Å². The molecule has 200 valence electrons. The van der Waals surface area contributed by atoms with Gasteiger partial charge in [0.25, 0.3) is 0 Å². The standard InChI is InChI=1S/2C6H6NO6P.2Na.6H2O/c2*8-7(9)13-14(10,11)12-6-4-2-1-3-5-6;;;;;;;;/h2*1-5H,(H,10,11);;;6*1H2/q;;2*+1;;;;;;/p-2. The van der Waals surface area contributed by atoms with Crippen molar-refractivity contribution < 1.29 is 139 Å². The van der Waals surface area contributed by atoms with Crippen molar-refractivity contribution in [2.45, 2.75) is 0 Å². The van der Waals surface area contributed by atoms with E-state index in [-0.39, 0.29) is 103 Å². The van der Waals surface area contributed by atoms with Gasteiger partial charge in [0.1, 0.15) is 11.5 Å². The second-order valence-electron chi connectivity index (χ2n) is 4.31. The Bertz CT molecular complexity index is 823. The molecule has 0 radical (unpaired) electrons. The van der Waals surface area contributed by atoms with E-state index in [1.165, 1.54) is 48.5 Å². The molecule has 0 aliphatic carbocycles. The zero-order valence-corrected chi connectivity index (χ0v) is 24.3. The fourth-order valence-electron chi connectivity index (χ4n) is 1.42. The van der Waals surface area contributed by atoms with E-state index < -0.39 is 25.8 Å². The van der Waals surface area contributed by atoms with E-state index in [0.29, 0.717) is 0 Å². The molecule has 0 bridgehead atoms. The number of hydrogen-bond acceptors (Lipinski definition) is 12. The van der Waals surface area contributed by atoms with Crippen molar-refractivity contribution in [3.63, 3.8) is 0 Å². The van der Waals surface area contributed by atoms with Crippen molar-refractivity contribution >= 4 is 15.6 Å². The summed E-state index contributed by atoms with van der Waals surface area (Å²) in [4.78, 5) is 41.0. The fourth-order valence-corrected chi connectivity index (χ4v) is 2.57. The van der Waals surface area contributed by atoms with Crippen LogP contribution in [0, 0.1) is 20.2 Å². The monoisotopic (exact) mass is 590 g/mol. The minimum Gasteiger partial charge on any atom is -0.748 e. The summed E-state index contributed by atoms with van der Waals surface area (Å²) in [5.41, 5.74) is 0. The summed E-state index contributed by atoms with van der Waals surface area (Å²) in [5.74, 6) is -0.0969. The van der Waals surface area contributed by atoms with Gasteiger partial charge in [0, 0.05) is 0 Å². The van der Waals surface area contributed by atoms with E-state index in [1.807, 2.05) is 0 Å². The number of phosphoric acid groups is 2. The predicted octanol–water partition coefficient (Wildman–Crippen LogP) is -9.46. The largest absolute Gasteiger partial charge is 1.00 e. The Balaban J connectivity index is -0.0000000594. The van der Waals surface area contributed by atoms with Crippen LogP contribution in [0.25, 0.3) is 0 Å². The molecule has 24 heteroatoms. The molecule has 2 aromatic carbocycles. The fraction of sp³-hybridized carbons (Fsp3) is 0. The van der Waals surface area contributed by atoms with Gasteiger partial charge in [-0.05, 0) is 24.3 Å². The summed E-state index contributed by atoms with van der Waals surface area (Å²) < 4.78 is 36.7. The van der Waals surface area contributed by atoms with Gasteiger partial charge in [0.05, 0.1) is 0 Å². The van der Waals surface area contributed by atoms with Crippen LogP contribution in [-0.2, 0) is 18.4 Å². The summed E-state index contributed by atoms with van der Waals surface area (Å²) in [6.45, 7) is 0. The Morgan fingerprint density at radius 3 is 0.972 bits per heavy atom. The summed E-state index contributed by atoms with van der Waals surface area (Å²) in [6, 6.07) is 14.6. The van der Waals surface area contributed by atoms with Crippen LogP contribution >= 0.6 is 15.6 Å². The Kier molecular flexibility index (Phi) is 40.8. The van der Waals surface area contributed by atoms with Crippen molar-refractivity contribution in [3.8, 4) is 11.5 Å². The van der Waals surface area contributed by atoms with Crippen LogP contribution in [-0.4, -0.2) is 43.0 Å². The first-order chi connectivity index (χ1) is 13.0. The molecule has 2 aromatic rings. The summed E-state index contributed by atoms with van der Waals surface area (Å²) >= 11 is 0. The van der Waals surface area contributed by atoms with E-state index in [4.69, 9.17) is 0 Å². The molecule has 0 aromatic heterocycles. The first-order valence-electron chi connectivity index (χ1n) is 6.79. The van der Waals surface area contributed by atoms with Gasteiger partial charge in [-0.1, -0.05) is 36.4 Å². The molecule has 0 saturated heterocycles. The summed E-state index contributed by atoms with van der Waals surface area (Å²) in [6.07, 6.45) is 0. The van der Waals surface area contributed by atoms with Crippen molar-refractivity contribution in [2.24, 2.45) is 0 Å². The van der Waals surface area contributed by atoms with E-state index in [1.54, 1.807) is 12.1 Å². The Labute approximate surface area is 246 Å². The third kappa shape index (κ3) is 27.2. The quantitative estimate of drug-likeness (QED) is 0.120. The topological polar surface area (TPSA) is 392 Å². The van der Waals surface area contributed by atoms with Gasteiger partial charge in [0.2, 0.25) is 0 Å². The number of hydrogen-bond donors (Lipinski definition) is 0. The molecule has 20 nitrogen and oxygen atoms in total. The number of phosphoric ester groups is 2. The van der Waals surface area contributed by atoms with Gasteiger partial charge in [-0.2, -0.15) is 0 Å². The maximum atomic E-state index is 10.8. The van der Waals surface area contributed by atoms with Gasteiger partial charge in [0.15, 0.2) is 0 Å². The van der Waals surface area contributed by atoms with Gasteiger partial charge < -0.3 is 51.7 Å². The molecular formula is C12H22N2Na2O18P2. The van der Waals surface area contributed by atoms with Crippen molar-refractivity contribution in [2.75, 3.05) is 0 Å². The van der Waals surface area contributed by atoms with Gasteiger partial charge in [-0.15, -0.1) is 20.2 Å². The average molecular weight is 590 g/mol. The SMILES string of the molecule is O.O.O.O.O.O.O=[N+]([O-])OP(=O)([O-])Oc1ccccc1.O=[N+]([O-])OP(=O)([O-])Oc1ccccc1.[Na+].[Na+]. The number of rotatable bonds is 8. The molecule has 0 saturated carbocycles. The van der Waals surface area contributed by atoms with Crippen LogP contribution in [0.2, 0.25) is 0 Å². The van der Waals surface area contributed by atoms with E-state index >= 15 is 0 Å². The third-order valence-corrected chi connectivity index (χ3v) is 3.79. The van der Waals surface area contributed by atoms with Crippen LogP contribution < -0.4 is 77.9 Å². The van der Waals surface area contributed by atoms with E-state index in [2.05, 4.69) is 18.3 Å². The van der Waals surface area contributed by atoms with Crippen LogP contribution in [0.5, 0.6) is 11.5 Å². The smallest absolute Gasteiger partial charge is 0.748 e. The molecular weight excluding hydrogens is 568 g/mol. The van der Waals surface area contributed by atoms with E-state index in [0.717, 1.165) is 0 Å². The zero-order valence-electron chi connectivity index (χ0n) is 18.5. The van der Waals surface area contributed by atoms with Gasteiger partial charge in [-0.3, -0.25) is 9.13 Å². The molecule has 36 heavy (non-hydrogen) atoms. The molecule has 2 atom stereocenters. The van der Waals surface area contributed by atoms with Crippen molar-refractivity contribution in [1.82, 2.24) is 0 Å². The van der Waals surface area contributed by atoms with Crippen molar-refractivity contribution in [3.05, 3.63) is 80.9 Å². The van der Waals surface area contributed by atoms with E-state index in [9.17, 15) is 39.1 Å².